The fraction of sp³-hybridized carbons (Fsp3) is 0.440. The van der Waals surface area contributed by atoms with Crippen LogP contribution < -0.4 is 0 Å². The van der Waals surface area contributed by atoms with Crippen molar-refractivity contribution in [3.63, 3.8) is 0 Å². The van der Waals surface area contributed by atoms with Crippen LogP contribution in [0.25, 0.3) is 0 Å². The smallest absolute Gasteiger partial charge is 0.223 e. The number of nitrogens with zero attached hydrogens (tertiary/aromatic N) is 2. The zero-order valence-corrected chi connectivity index (χ0v) is 17.0. The molecule has 0 N–H and O–H groups in total. The summed E-state index contributed by atoms with van der Waals surface area (Å²) in [5.74, 6) is 0.743. The summed E-state index contributed by atoms with van der Waals surface area (Å²) in [6, 6.07) is 20.0. The first kappa shape index (κ1) is 19.8. The summed E-state index contributed by atoms with van der Waals surface area (Å²) >= 11 is 0. The highest BCUT2D eigenvalue weighted by molar-refractivity contribution is 6.01. The first-order valence-corrected chi connectivity index (χ1v) is 10.8. The van der Waals surface area contributed by atoms with Crippen molar-refractivity contribution in [1.82, 2.24) is 9.80 Å². The quantitative estimate of drug-likeness (QED) is 0.671. The van der Waals surface area contributed by atoms with E-state index in [1.807, 2.05) is 35.2 Å². The number of ketones is 1. The Hall–Kier alpha value is -2.46. The lowest BCUT2D eigenvalue weighted by molar-refractivity contribution is -0.127. The van der Waals surface area contributed by atoms with Crippen LogP contribution in [0.4, 0.5) is 0 Å². The maximum absolute atomic E-state index is 12.6. The third-order valence-corrected chi connectivity index (χ3v) is 6.41. The molecule has 2 fully saturated rings. The molecular formula is C25H30N2O2. The minimum atomic E-state index is -0.183. The Kier molecular flexibility index (Phi) is 6.40. The number of likely N-dealkylation sites (tertiary alicyclic amines) is 2. The first-order valence-electron chi connectivity index (χ1n) is 10.8. The van der Waals surface area contributed by atoms with Crippen LogP contribution in [0.2, 0.25) is 0 Å². The fourth-order valence-electron chi connectivity index (χ4n) is 4.62. The molecule has 0 saturated carbocycles. The lowest BCUT2D eigenvalue weighted by Crippen LogP contribution is -2.35. The zero-order valence-electron chi connectivity index (χ0n) is 17.0. The third-order valence-electron chi connectivity index (χ3n) is 6.41. The van der Waals surface area contributed by atoms with Gasteiger partial charge in [0.1, 0.15) is 0 Å². The largest absolute Gasteiger partial charge is 0.342 e. The predicted molar refractivity (Wildman–Crippen MR) is 115 cm³/mol. The summed E-state index contributed by atoms with van der Waals surface area (Å²) in [5, 5.41) is 0. The molecule has 0 bridgehead atoms. The number of Topliss-reactive ketones (excluding diaryl/α,β-unsaturated/α-hetero) is 1. The van der Waals surface area contributed by atoms with E-state index in [1.165, 1.54) is 18.4 Å². The van der Waals surface area contributed by atoms with Crippen LogP contribution >= 0.6 is 0 Å². The number of hydrogen-bond donors (Lipinski definition) is 0. The van der Waals surface area contributed by atoms with E-state index >= 15 is 0 Å². The van der Waals surface area contributed by atoms with Crippen molar-refractivity contribution in [3.05, 3.63) is 71.8 Å². The Morgan fingerprint density at radius 3 is 2.28 bits per heavy atom. The lowest BCUT2D eigenvalue weighted by Gasteiger charge is -2.32. The van der Waals surface area contributed by atoms with Crippen LogP contribution in [0.1, 0.15) is 41.6 Å². The Bertz CT molecular complexity index is 813. The van der Waals surface area contributed by atoms with E-state index < -0.39 is 0 Å². The van der Waals surface area contributed by atoms with Gasteiger partial charge in [0.05, 0.1) is 0 Å². The van der Waals surface area contributed by atoms with Crippen molar-refractivity contribution in [2.45, 2.75) is 32.2 Å². The molecule has 1 amide bonds. The second kappa shape index (κ2) is 9.36. The lowest BCUT2D eigenvalue weighted by atomic mass is 9.93. The van der Waals surface area contributed by atoms with Gasteiger partial charge < -0.3 is 4.90 Å². The molecule has 4 heteroatoms. The molecule has 4 rings (SSSR count). The number of rotatable bonds is 7. The molecule has 0 spiro atoms. The Morgan fingerprint density at radius 1 is 0.931 bits per heavy atom. The van der Waals surface area contributed by atoms with Gasteiger partial charge in [-0.05, 0) is 43.8 Å². The first-order chi connectivity index (χ1) is 14.2. The van der Waals surface area contributed by atoms with Gasteiger partial charge in [-0.25, -0.2) is 0 Å². The average Bonchev–Trinajstić information content (AvgIpc) is 3.14. The van der Waals surface area contributed by atoms with Gasteiger partial charge >= 0.3 is 0 Å². The molecule has 2 aromatic rings. The van der Waals surface area contributed by atoms with Gasteiger partial charge in [0.15, 0.2) is 5.78 Å². The summed E-state index contributed by atoms with van der Waals surface area (Å²) in [6.45, 7) is 4.66. The minimum absolute atomic E-state index is 0.107. The summed E-state index contributed by atoms with van der Waals surface area (Å²) in [6.07, 6.45) is 3.81. The maximum atomic E-state index is 12.6. The van der Waals surface area contributed by atoms with E-state index in [2.05, 4.69) is 35.2 Å². The number of amides is 1. The topological polar surface area (TPSA) is 40.6 Å². The van der Waals surface area contributed by atoms with E-state index in [0.29, 0.717) is 18.9 Å². The average molecular weight is 391 g/mol. The highest BCUT2D eigenvalue weighted by Crippen LogP contribution is 2.26. The zero-order chi connectivity index (χ0) is 20.1. The van der Waals surface area contributed by atoms with Crippen LogP contribution in [-0.4, -0.2) is 47.7 Å². The van der Waals surface area contributed by atoms with Gasteiger partial charge in [0.2, 0.25) is 5.91 Å². The van der Waals surface area contributed by atoms with E-state index in [0.717, 1.165) is 38.2 Å². The summed E-state index contributed by atoms with van der Waals surface area (Å²) in [7, 11) is 0. The van der Waals surface area contributed by atoms with Gasteiger partial charge in [-0.15, -0.1) is 0 Å². The maximum Gasteiger partial charge on any atom is 0.223 e. The third kappa shape index (κ3) is 5.13. The predicted octanol–water partition coefficient (Wildman–Crippen LogP) is 4.02. The molecule has 152 valence electrons. The number of benzene rings is 2. The van der Waals surface area contributed by atoms with E-state index in [-0.39, 0.29) is 17.6 Å². The molecular weight excluding hydrogens is 360 g/mol. The molecule has 2 saturated heterocycles. The number of hydrogen-bond acceptors (Lipinski definition) is 3. The van der Waals surface area contributed by atoms with Gasteiger partial charge in [0, 0.05) is 37.5 Å². The second-order valence-electron chi connectivity index (χ2n) is 8.46. The minimum Gasteiger partial charge on any atom is -0.342 e. The highest BCUT2D eigenvalue weighted by atomic mass is 16.2. The Morgan fingerprint density at radius 2 is 1.59 bits per heavy atom. The summed E-state index contributed by atoms with van der Waals surface area (Å²) in [4.78, 5) is 29.5. The van der Waals surface area contributed by atoms with Crippen LogP contribution in [0.3, 0.4) is 0 Å². The molecule has 0 radical (unpaired) electrons. The van der Waals surface area contributed by atoms with Crippen molar-refractivity contribution in [3.8, 4) is 0 Å². The molecule has 2 aromatic carbocycles. The number of piperidine rings is 1. The van der Waals surface area contributed by atoms with Crippen LogP contribution in [-0.2, 0) is 11.3 Å². The molecule has 2 heterocycles. The molecule has 0 aliphatic carbocycles. The molecule has 0 aromatic heterocycles. The van der Waals surface area contributed by atoms with Crippen molar-refractivity contribution in [1.29, 1.82) is 0 Å². The normalized spacial score (nSPS) is 20.9. The van der Waals surface area contributed by atoms with E-state index in [4.69, 9.17) is 0 Å². The number of carbonyl (C=O) groups excluding carboxylic acids is 2. The van der Waals surface area contributed by atoms with Crippen molar-refractivity contribution in [2.75, 3.05) is 26.2 Å². The Labute approximate surface area is 173 Å². The van der Waals surface area contributed by atoms with Crippen molar-refractivity contribution < 1.29 is 9.59 Å². The van der Waals surface area contributed by atoms with Gasteiger partial charge in [0.25, 0.3) is 0 Å². The van der Waals surface area contributed by atoms with Crippen molar-refractivity contribution >= 4 is 11.7 Å². The number of carbonyl (C=O) groups is 2. The second-order valence-corrected chi connectivity index (χ2v) is 8.46. The van der Waals surface area contributed by atoms with Crippen LogP contribution in [0.15, 0.2) is 60.7 Å². The van der Waals surface area contributed by atoms with Crippen LogP contribution in [0, 0.1) is 11.8 Å². The molecule has 4 nitrogen and oxygen atoms in total. The van der Waals surface area contributed by atoms with E-state index in [1.54, 1.807) is 0 Å². The fourth-order valence-corrected chi connectivity index (χ4v) is 4.62. The monoisotopic (exact) mass is 390 g/mol. The van der Waals surface area contributed by atoms with Gasteiger partial charge in [-0.2, -0.15) is 0 Å². The Balaban J connectivity index is 1.21. The van der Waals surface area contributed by atoms with Crippen LogP contribution in [0.5, 0.6) is 0 Å². The summed E-state index contributed by atoms with van der Waals surface area (Å²) in [5.41, 5.74) is 2.10. The van der Waals surface area contributed by atoms with E-state index in [9.17, 15) is 9.59 Å². The van der Waals surface area contributed by atoms with Gasteiger partial charge in [-0.3, -0.25) is 14.5 Å². The molecule has 2 aliphatic rings. The summed E-state index contributed by atoms with van der Waals surface area (Å²) < 4.78 is 0. The standard InChI is InChI=1S/C25H30N2O2/c28-24-17-23(25(29)22-9-5-2-6-10-22)19-27(24)16-13-20-11-14-26(15-12-20)18-21-7-3-1-4-8-21/h1-10,20,23H,11-19H2. The molecule has 2 aliphatic heterocycles. The van der Waals surface area contributed by atoms with Gasteiger partial charge in [-0.1, -0.05) is 60.7 Å². The SMILES string of the molecule is O=C(c1ccccc1)C1CC(=O)N(CCC2CCN(Cc3ccccc3)CC2)C1. The molecule has 29 heavy (non-hydrogen) atoms. The molecule has 1 unspecified atom stereocenters. The molecule has 1 atom stereocenters. The highest BCUT2D eigenvalue weighted by Gasteiger charge is 2.34. The van der Waals surface area contributed by atoms with Crippen molar-refractivity contribution in [2.24, 2.45) is 11.8 Å².